The first-order chi connectivity index (χ1) is 7.16. The third kappa shape index (κ3) is 3.32. The third-order valence-electron chi connectivity index (χ3n) is 1.81. The summed E-state index contributed by atoms with van der Waals surface area (Å²) in [5.41, 5.74) is 0. The molecule has 16 heavy (non-hydrogen) atoms. The summed E-state index contributed by atoms with van der Waals surface area (Å²) < 4.78 is 60.1. The Bertz CT molecular complexity index is 294. The fraction of sp³-hybridized carbons (Fsp3) is 0.750. The molecule has 0 fully saturated rings. The molecular formula is C8H9F5N2O. The molecule has 8 heteroatoms. The van der Waals surface area contributed by atoms with Crippen molar-refractivity contribution in [1.29, 1.82) is 5.26 Å². The lowest BCUT2D eigenvalue weighted by Crippen LogP contribution is -2.52. The maximum Gasteiger partial charge on any atom is 0.463 e. The van der Waals surface area contributed by atoms with Crippen molar-refractivity contribution in [3.8, 4) is 6.07 Å². The van der Waals surface area contributed by atoms with Gasteiger partial charge in [0.1, 0.15) is 0 Å². The quantitative estimate of drug-likeness (QED) is 0.769. The van der Waals surface area contributed by atoms with E-state index in [1.165, 1.54) is 12.2 Å². The number of halogens is 5. The lowest BCUT2D eigenvalue weighted by molar-refractivity contribution is -0.270. The van der Waals surface area contributed by atoms with Gasteiger partial charge in [0, 0.05) is 6.04 Å². The van der Waals surface area contributed by atoms with Gasteiger partial charge in [-0.1, -0.05) is 6.92 Å². The van der Waals surface area contributed by atoms with Gasteiger partial charge in [-0.25, -0.2) is 0 Å². The fourth-order valence-electron chi connectivity index (χ4n) is 0.812. The van der Waals surface area contributed by atoms with Crippen LogP contribution in [-0.4, -0.2) is 24.0 Å². The largest absolute Gasteiger partial charge is 0.463 e. The summed E-state index contributed by atoms with van der Waals surface area (Å²) >= 11 is 0. The second-order valence-electron chi connectivity index (χ2n) is 3.01. The van der Waals surface area contributed by atoms with E-state index in [0.29, 0.717) is 0 Å². The van der Waals surface area contributed by atoms with Gasteiger partial charge in [-0.3, -0.25) is 4.79 Å². The van der Waals surface area contributed by atoms with Gasteiger partial charge in [0.15, 0.2) is 0 Å². The molecule has 92 valence electrons. The molecule has 0 aromatic heterocycles. The summed E-state index contributed by atoms with van der Waals surface area (Å²) in [4.78, 5) is 10.7. The standard InChI is InChI=1S/C8H9F5N2O/c1-2-5(3-4-14)15-6(16)7(9,10)8(11,12)13/h5H,2-3H2,1H3,(H,15,16). The van der Waals surface area contributed by atoms with Gasteiger partial charge in [0.2, 0.25) is 0 Å². The number of hydrogen-bond donors (Lipinski definition) is 1. The molecule has 0 saturated carbocycles. The Labute approximate surface area is 88.2 Å². The minimum Gasteiger partial charge on any atom is -0.347 e. The molecule has 0 aliphatic carbocycles. The Kier molecular flexibility index (Phi) is 4.65. The van der Waals surface area contributed by atoms with Crippen LogP contribution in [0.15, 0.2) is 0 Å². The normalized spacial score (nSPS) is 14.1. The van der Waals surface area contributed by atoms with Gasteiger partial charge in [0.05, 0.1) is 12.5 Å². The van der Waals surface area contributed by atoms with Crippen LogP contribution < -0.4 is 5.32 Å². The van der Waals surface area contributed by atoms with Gasteiger partial charge in [0.25, 0.3) is 0 Å². The van der Waals surface area contributed by atoms with E-state index >= 15 is 0 Å². The maximum absolute atomic E-state index is 12.4. The van der Waals surface area contributed by atoms with Crippen LogP contribution in [0.3, 0.4) is 0 Å². The number of nitriles is 1. The van der Waals surface area contributed by atoms with Crippen molar-refractivity contribution >= 4 is 5.91 Å². The number of hydrogen-bond acceptors (Lipinski definition) is 2. The van der Waals surface area contributed by atoms with Crippen LogP contribution in [0.25, 0.3) is 0 Å². The van der Waals surface area contributed by atoms with Crippen molar-refractivity contribution in [2.24, 2.45) is 0 Å². The first-order valence-corrected chi connectivity index (χ1v) is 4.29. The van der Waals surface area contributed by atoms with Crippen molar-refractivity contribution in [1.82, 2.24) is 5.32 Å². The highest BCUT2D eigenvalue weighted by atomic mass is 19.4. The fourth-order valence-corrected chi connectivity index (χ4v) is 0.812. The first-order valence-electron chi connectivity index (χ1n) is 4.29. The predicted octanol–water partition coefficient (Wildman–Crippen LogP) is 1.99. The van der Waals surface area contributed by atoms with Crippen LogP contribution in [0.1, 0.15) is 19.8 Å². The van der Waals surface area contributed by atoms with Crippen LogP contribution in [0.4, 0.5) is 22.0 Å². The Morgan fingerprint density at radius 2 is 1.88 bits per heavy atom. The molecule has 1 N–H and O–H groups in total. The highest BCUT2D eigenvalue weighted by molar-refractivity contribution is 5.84. The molecule has 0 spiro atoms. The molecule has 0 rings (SSSR count). The van der Waals surface area contributed by atoms with E-state index in [4.69, 9.17) is 5.26 Å². The lowest BCUT2D eigenvalue weighted by Gasteiger charge is -2.21. The first kappa shape index (κ1) is 14.6. The van der Waals surface area contributed by atoms with Gasteiger partial charge in [-0.2, -0.15) is 27.2 Å². The smallest absolute Gasteiger partial charge is 0.347 e. The second kappa shape index (κ2) is 5.09. The van der Waals surface area contributed by atoms with Crippen LogP contribution in [0, 0.1) is 11.3 Å². The van der Waals surface area contributed by atoms with E-state index < -0.39 is 24.0 Å². The molecule has 1 amide bonds. The average Bonchev–Trinajstić information content (AvgIpc) is 2.15. The summed E-state index contributed by atoms with van der Waals surface area (Å²) in [7, 11) is 0. The highest BCUT2D eigenvalue weighted by Gasteiger charge is 2.63. The van der Waals surface area contributed by atoms with Crippen molar-refractivity contribution < 1.29 is 26.7 Å². The monoisotopic (exact) mass is 244 g/mol. The van der Waals surface area contributed by atoms with Crippen molar-refractivity contribution in [2.45, 2.75) is 37.9 Å². The zero-order valence-corrected chi connectivity index (χ0v) is 8.24. The number of amides is 1. The summed E-state index contributed by atoms with van der Waals surface area (Å²) in [6.07, 6.45) is -6.16. The number of carbonyl (C=O) groups is 1. The zero-order chi connectivity index (χ0) is 13.0. The number of alkyl halides is 5. The molecule has 0 aromatic rings. The molecule has 0 aromatic carbocycles. The van der Waals surface area contributed by atoms with E-state index in [9.17, 15) is 26.7 Å². The van der Waals surface area contributed by atoms with Crippen molar-refractivity contribution in [2.75, 3.05) is 0 Å². The third-order valence-corrected chi connectivity index (χ3v) is 1.81. The van der Waals surface area contributed by atoms with Crippen molar-refractivity contribution in [3.63, 3.8) is 0 Å². The van der Waals surface area contributed by atoms with E-state index in [2.05, 4.69) is 0 Å². The molecule has 0 heterocycles. The summed E-state index contributed by atoms with van der Waals surface area (Å²) in [6.45, 7) is 1.45. The van der Waals surface area contributed by atoms with E-state index in [1.807, 2.05) is 0 Å². The SMILES string of the molecule is CCC(CC#N)NC(=O)C(F)(F)C(F)(F)F. The Hall–Kier alpha value is -1.39. The van der Waals surface area contributed by atoms with Gasteiger partial charge in [-0.05, 0) is 6.42 Å². The molecule has 0 aliphatic rings. The van der Waals surface area contributed by atoms with Crippen molar-refractivity contribution in [3.05, 3.63) is 0 Å². The maximum atomic E-state index is 12.4. The minimum atomic E-state index is -5.93. The molecular weight excluding hydrogens is 235 g/mol. The second-order valence-corrected chi connectivity index (χ2v) is 3.01. The number of carbonyl (C=O) groups excluding carboxylic acids is 1. The Morgan fingerprint density at radius 1 is 1.38 bits per heavy atom. The van der Waals surface area contributed by atoms with Gasteiger partial charge < -0.3 is 5.32 Å². The number of rotatable bonds is 4. The molecule has 0 radical (unpaired) electrons. The van der Waals surface area contributed by atoms with Crippen LogP contribution >= 0.6 is 0 Å². The van der Waals surface area contributed by atoms with E-state index in [-0.39, 0.29) is 12.8 Å². The van der Waals surface area contributed by atoms with E-state index in [1.54, 1.807) is 6.07 Å². The zero-order valence-electron chi connectivity index (χ0n) is 8.24. The molecule has 0 aliphatic heterocycles. The minimum absolute atomic E-state index is 0.0905. The predicted molar refractivity (Wildman–Crippen MR) is 43.5 cm³/mol. The number of nitrogens with one attached hydrogen (secondary N) is 1. The topological polar surface area (TPSA) is 52.9 Å². The Morgan fingerprint density at radius 3 is 2.19 bits per heavy atom. The molecule has 0 bridgehead atoms. The van der Waals surface area contributed by atoms with Gasteiger partial charge in [-0.15, -0.1) is 0 Å². The van der Waals surface area contributed by atoms with Gasteiger partial charge >= 0.3 is 18.0 Å². The molecule has 3 nitrogen and oxygen atoms in total. The lowest BCUT2D eigenvalue weighted by atomic mass is 10.1. The number of nitrogens with zero attached hydrogens (tertiary/aromatic N) is 1. The summed E-state index contributed by atoms with van der Waals surface area (Å²) in [5, 5.41) is 9.72. The van der Waals surface area contributed by atoms with Crippen LogP contribution in [0.2, 0.25) is 0 Å². The Balaban J connectivity index is 4.64. The highest BCUT2D eigenvalue weighted by Crippen LogP contribution is 2.35. The summed E-state index contributed by atoms with van der Waals surface area (Å²) in [6, 6.07) is 0.565. The average molecular weight is 244 g/mol. The molecule has 1 atom stereocenters. The van der Waals surface area contributed by atoms with Crippen LogP contribution in [-0.2, 0) is 4.79 Å². The summed E-state index contributed by atoms with van der Waals surface area (Å²) in [5.74, 6) is -7.86. The molecule has 0 saturated heterocycles. The molecule has 1 unspecified atom stereocenters. The van der Waals surface area contributed by atoms with E-state index in [0.717, 1.165) is 0 Å². The van der Waals surface area contributed by atoms with Crippen LogP contribution in [0.5, 0.6) is 0 Å².